The van der Waals surface area contributed by atoms with Crippen LogP contribution in [0.15, 0.2) is 65.6 Å². The second-order valence-electron chi connectivity index (χ2n) is 5.89. The van der Waals surface area contributed by atoms with Crippen molar-refractivity contribution in [3.05, 3.63) is 87.3 Å². The van der Waals surface area contributed by atoms with Crippen molar-refractivity contribution in [2.45, 2.75) is 26.3 Å². The van der Waals surface area contributed by atoms with Crippen molar-refractivity contribution in [1.29, 1.82) is 0 Å². The fourth-order valence-electron chi connectivity index (χ4n) is 2.65. The van der Waals surface area contributed by atoms with Gasteiger partial charge in [0.2, 0.25) is 0 Å². The Hall–Kier alpha value is -2.59. The Bertz CT molecular complexity index is 904. The largest absolute Gasteiger partial charge is 0.376 e. The van der Waals surface area contributed by atoms with Gasteiger partial charge < -0.3 is 5.32 Å². The molecule has 3 rings (SSSR count). The number of benzene rings is 2. The van der Waals surface area contributed by atoms with Gasteiger partial charge in [0.1, 0.15) is 5.02 Å². The molecule has 2 aromatic carbocycles. The topological polar surface area (TPSA) is 46.9 Å². The molecule has 3 aromatic rings. The van der Waals surface area contributed by atoms with Crippen LogP contribution in [-0.2, 0) is 6.42 Å². The molecule has 1 aromatic heterocycles. The lowest BCUT2D eigenvalue weighted by Crippen LogP contribution is -2.23. The average Bonchev–Trinajstić information content (AvgIpc) is 2.66. The van der Waals surface area contributed by atoms with Crippen LogP contribution < -0.4 is 10.9 Å². The molecule has 1 atom stereocenters. The van der Waals surface area contributed by atoms with Gasteiger partial charge in [-0.15, -0.1) is 0 Å². The maximum atomic E-state index is 12.5. The van der Waals surface area contributed by atoms with Crippen molar-refractivity contribution in [3.8, 4) is 5.69 Å². The maximum Gasteiger partial charge on any atom is 0.292 e. The molecule has 0 aliphatic carbocycles. The van der Waals surface area contributed by atoms with Gasteiger partial charge in [0.05, 0.1) is 17.6 Å². The molecular weight excluding hydrogens is 334 g/mol. The number of aromatic nitrogens is 2. The first kappa shape index (κ1) is 17.2. The molecule has 25 heavy (non-hydrogen) atoms. The Morgan fingerprint density at radius 2 is 1.80 bits per heavy atom. The van der Waals surface area contributed by atoms with Crippen molar-refractivity contribution in [2.24, 2.45) is 0 Å². The molecule has 0 bridgehead atoms. The summed E-state index contributed by atoms with van der Waals surface area (Å²) >= 11 is 6.29. The molecule has 5 heteroatoms. The third-order valence-electron chi connectivity index (χ3n) is 4.18. The molecule has 0 amide bonds. The lowest BCUT2D eigenvalue weighted by atomic mass is 10.0. The van der Waals surface area contributed by atoms with Crippen LogP contribution in [0.4, 0.5) is 5.69 Å². The molecule has 0 saturated carbocycles. The van der Waals surface area contributed by atoms with Gasteiger partial charge in [-0.25, -0.2) is 0 Å². The lowest BCUT2D eigenvalue weighted by molar-refractivity contribution is 0.799. The number of hydrogen-bond acceptors (Lipinski definition) is 3. The highest BCUT2D eigenvalue weighted by molar-refractivity contribution is 6.32. The van der Waals surface area contributed by atoms with E-state index in [0.29, 0.717) is 11.4 Å². The Labute approximate surface area is 152 Å². The summed E-state index contributed by atoms with van der Waals surface area (Å²) in [5.41, 5.74) is 3.29. The van der Waals surface area contributed by atoms with Crippen molar-refractivity contribution in [3.63, 3.8) is 0 Å². The summed E-state index contributed by atoms with van der Waals surface area (Å²) in [6, 6.07) is 17.6. The summed E-state index contributed by atoms with van der Waals surface area (Å²) in [5.74, 6) is 0. The molecule has 4 nitrogen and oxygen atoms in total. The molecule has 0 saturated heterocycles. The maximum absolute atomic E-state index is 12.5. The summed E-state index contributed by atoms with van der Waals surface area (Å²) in [6.07, 6.45) is 2.60. The smallest absolute Gasteiger partial charge is 0.292 e. The van der Waals surface area contributed by atoms with Crippen LogP contribution in [-0.4, -0.2) is 9.78 Å². The van der Waals surface area contributed by atoms with Crippen LogP contribution in [0.1, 0.15) is 31.0 Å². The van der Waals surface area contributed by atoms with Gasteiger partial charge in [-0.1, -0.05) is 61.0 Å². The van der Waals surface area contributed by atoms with E-state index < -0.39 is 0 Å². The van der Waals surface area contributed by atoms with Gasteiger partial charge in [0.25, 0.3) is 5.56 Å². The van der Waals surface area contributed by atoms with Gasteiger partial charge in [0.15, 0.2) is 0 Å². The molecule has 0 aliphatic heterocycles. The van der Waals surface area contributed by atoms with Gasteiger partial charge in [0, 0.05) is 6.04 Å². The molecular formula is C20H20ClN3O. The van der Waals surface area contributed by atoms with E-state index in [1.807, 2.05) is 37.3 Å². The zero-order valence-corrected chi connectivity index (χ0v) is 15.0. The normalized spacial score (nSPS) is 12.0. The first-order valence-electron chi connectivity index (χ1n) is 8.28. The van der Waals surface area contributed by atoms with Gasteiger partial charge in [-0.3, -0.25) is 4.79 Å². The second-order valence-corrected chi connectivity index (χ2v) is 6.26. The first-order chi connectivity index (χ1) is 12.1. The number of para-hydroxylation sites is 1. The number of hydrogen-bond donors (Lipinski definition) is 1. The Kier molecular flexibility index (Phi) is 5.19. The Morgan fingerprint density at radius 1 is 1.12 bits per heavy atom. The third kappa shape index (κ3) is 3.74. The number of nitrogens with zero attached hydrogens (tertiary/aromatic N) is 2. The van der Waals surface area contributed by atoms with Crippen molar-refractivity contribution in [2.75, 3.05) is 5.32 Å². The molecule has 1 N–H and O–H groups in total. The van der Waals surface area contributed by atoms with E-state index in [9.17, 15) is 4.79 Å². The number of halogens is 1. The van der Waals surface area contributed by atoms with E-state index in [4.69, 9.17) is 11.6 Å². The van der Waals surface area contributed by atoms with Crippen LogP contribution in [0, 0.1) is 0 Å². The minimum Gasteiger partial charge on any atom is -0.376 e. The fourth-order valence-corrected chi connectivity index (χ4v) is 2.83. The van der Waals surface area contributed by atoms with Gasteiger partial charge in [-0.2, -0.15) is 9.78 Å². The summed E-state index contributed by atoms with van der Waals surface area (Å²) in [5, 5.41) is 7.65. The molecule has 1 heterocycles. The fraction of sp³-hybridized carbons (Fsp3) is 0.200. The summed E-state index contributed by atoms with van der Waals surface area (Å²) in [6.45, 7) is 4.16. The van der Waals surface area contributed by atoms with Crippen LogP contribution in [0.5, 0.6) is 0 Å². The summed E-state index contributed by atoms with van der Waals surface area (Å²) in [4.78, 5) is 12.5. The van der Waals surface area contributed by atoms with E-state index in [-0.39, 0.29) is 16.6 Å². The number of nitrogens with one attached hydrogen (secondary N) is 1. The van der Waals surface area contributed by atoms with Crippen molar-refractivity contribution in [1.82, 2.24) is 9.78 Å². The average molecular weight is 354 g/mol. The second kappa shape index (κ2) is 7.53. The van der Waals surface area contributed by atoms with E-state index in [0.717, 1.165) is 12.0 Å². The molecule has 1 unspecified atom stereocenters. The number of anilines is 1. The first-order valence-corrected chi connectivity index (χ1v) is 8.66. The third-order valence-corrected chi connectivity index (χ3v) is 4.54. The van der Waals surface area contributed by atoms with Crippen molar-refractivity contribution >= 4 is 17.3 Å². The zero-order valence-electron chi connectivity index (χ0n) is 14.2. The van der Waals surface area contributed by atoms with Crippen LogP contribution in [0.3, 0.4) is 0 Å². The number of aryl methyl sites for hydroxylation is 1. The minimum atomic E-state index is -0.341. The summed E-state index contributed by atoms with van der Waals surface area (Å²) in [7, 11) is 0. The molecule has 0 aliphatic rings. The zero-order chi connectivity index (χ0) is 17.8. The predicted octanol–water partition coefficient (Wildman–Crippen LogP) is 4.62. The minimum absolute atomic E-state index is 0.0113. The molecule has 128 valence electrons. The monoisotopic (exact) mass is 353 g/mol. The van der Waals surface area contributed by atoms with E-state index >= 15 is 0 Å². The molecule has 0 radical (unpaired) electrons. The van der Waals surface area contributed by atoms with Gasteiger partial charge >= 0.3 is 0 Å². The molecule has 0 fully saturated rings. The highest BCUT2D eigenvalue weighted by atomic mass is 35.5. The predicted molar refractivity (Wildman–Crippen MR) is 103 cm³/mol. The Morgan fingerprint density at radius 3 is 2.44 bits per heavy atom. The highest BCUT2D eigenvalue weighted by Crippen LogP contribution is 2.23. The van der Waals surface area contributed by atoms with E-state index in [2.05, 4.69) is 41.6 Å². The van der Waals surface area contributed by atoms with E-state index in [1.165, 1.54) is 10.2 Å². The van der Waals surface area contributed by atoms with Gasteiger partial charge in [-0.05, 0) is 36.6 Å². The van der Waals surface area contributed by atoms with Crippen molar-refractivity contribution < 1.29 is 0 Å². The van der Waals surface area contributed by atoms with Crippen LogP contribution in [0.2, 0.25) is 5.02 Å². The highest BCUT2D eigenvalue weighted by Gasteiger charge is 2.13. The Balaban J connectivity index is 1.85. The van der Waals surface area contributed by atoms with Crippen LogP contribution in [0.25, 0.3) is 5.69 Å². The number of rotatable bonds is 5. The van der Waals surface area contributed by atoms with Crippen LogP contribution >= 0.6 is 11.6 Å². The lowest BCUT2D eigenvalue weighted by Gasteiger charge is -2.17. The van der Waals surface area contributed by atoms with E-state index in [1.54, 1.807) is 6.20 Å². The quantitative estimate of drug-likeness (QED) is 0.728. The molecule has 0 spiro atoms. The standard InChI is InChI=1S/C20H20ClN3O/c1-3-15-9-11-16(12-10-15)14(2)23-18-13-22-24(20(25)19(18)21)17-7-5-4-6-8-17/h4-14,23H,3H2,1-2H3. The summed E-state index contributed by atoms with van der Waals surface area (Å²) < 4.78 is 1.30. The SMILES string of the molecule is CCc1ccc(C(C)Nc2cnn(-c3ccccc3)c(=O)c2Cl)cc1.